The largest absolute Gasteiger partial charge is 0.387 e. The molecule has 9 heteroatoms. The molecular weight excluding hydrogens is 446 g/mol. The van der Waals surface area contributed by atoms with Crippen LogP contribution in [0, 0.1) is 11.6 Å². The second-order valence-electron chi connectivity index (χ2n) is 8.62. The standard InChI is InChI=1S/C24H28F2N4O2S/c1-27-22-18(23(32)29-16-4-2-9-28-13-16)11-17(12-19(22)24(14-31)7-3-8-24)30-33-21-6-5-15(25)10-20(21)26/h5-6,10-12,14,16,27-28,30H,2-4,7-9,13H2,1H3,(H,29,32). The van der Waals surface area contributed by atoms with Gasteiger partial charge in [-0.2, -0.15) is 0 Å². The van der Waals surface area contributed by atoms with E-state index in [1.54, 1.807) is 13.1 Å². The SMILES string of the molecule is CNc1c(C(=O)NC2CCCNC2)cc(NSc2ccc(F)cc2F)cc1C1(C=O)CCC1. The van der Waals surface area contributed by atoms with Crippen molar-refractivity contribution in [2.45, 2.75) is 48.5 Å². The Labute approximate surface area is 196 Å². The molecule has 0 spiro atoms. The van der Waals surface area contributed by atoms with Crippen molar-refractivity contribution in [3.63, 3.8) is 0 Å². The van der Waals surface area contributed by atoms with Crippen molar-refractivity contribution >= 4 is 35.5 Å². The summed E-state index contributed by atoms with van der Waals surface area (Å²) in [4.78, 5) is 25.6. The van der Waals surface area contributed by atoms with Crippen molar-refractivity contribution in [3.8, 4) is 0 Å². The lowest BCUT2D eigenvalue weighted by molar-refractivity contribution is -0.115. The van der Waals surface area contributed by atoms with Crippen LogP contribution < -0.4 is 20.7 Å². The molecule has 6 nitrogen and oxygen atoms in total. The van der Waals surface area contributed by atoms with Crippen LogP contribution in [0.25, 0.3) is 0 Å². The number of benzene rings is 2. The first-order valence-corrected chi connectivity index (χ1v) is 12.0. The molecule has 1 aliphatic carbocycles. The molecule has 2 aromatic carbocycles. The fourth-order valence-corrected chi connectivity index (χ4v) is 5.10. The lowest BCUT2D eigenvalue weighted by Gasteiger charge is -2.39. The number of carbonyl (C=O) groups is 2. The number of halogens is 2. The minimum atomic E-state index is -0.675. The summed E-state index contributed by atoms with van der Waals surface area (Å²) in [6, 6.07) is 6.94. The molecule has 1 saturated carbocycles. The Morgan fingerprint density at radius 3 is 2.64 bits per heavy atom. The summed E-state index contributed by atoms with van der Waals surface area (Å²) < 4.78 is 30.4. The number of hydrogen-bond acceptors (Lipinski definition) is 6. The van der Waals surface area contributed by atoms with Gasteiger partial charge in [0.1, 0.15) is 17.9 Å². The van der Waals surface area contributed by atoms with Crippen molar-refractivity contribution in [3.05, 3.63) is 53.1 Å². The zero-order valence-electron chi connectivity index (χ0n) is 18.5. The first-order chi connectivity index (χ1) is 16.0. The summed E-state index contributed by atoms with van der Waals surface area (Å²) >= 11 is 0.989. The summed E-state index contributed by atoms with van der Waals surface area (Å²) in [7, 11) is 1.74. The monoisotopic (exact) mass is 474 g/mol. The highest BCUT2D eigenvalue weighted by Gasteiger charge is 2.41. The van der Waals surface area contributed by atoms with E-state index < -0.39 is 17.0 Å². The number of piperidine rings is 1. The highest BCUT2D eigenvalue weighted by Crippen LogP contribution is 2.47. The number of hydrogen-bond donors (Lipinski definition) is 4. The van der Waals surface area contributed by atoms with Crippen molar-refractivity contribution in [1.29, 1.82) is 0 Å². The van der Waals surface area contributed by atoms with Crippen LogP contribution in [0.3, 0.4) is 0 Å². The average molecular weight is 475 g/mol. The van der Waals surface area contributed by atoms with E-state index in [1.807, 2.05) is 6.07 Å². The molecule has 33 heavy (non-hydrogen) atoms. The Balaban J connectivity index is 1.67. The van der Waals surface area contributed by atoms with E-state index in [1.165, 1.54) is 12.1 Å². The Hall–Kier alpha value is -2.65. The van der Waals surface area contributed by atoms with Crippen LogP contribution in [0.1, 0.15) is 48.0 Å². The van der Waals surface area contributed by atoms with Crippen LogP contribution in [-0.4, -0.2) is 38.4 Å². The summed E-state index contributed by atoms with van der Waals surface area (Å²) in [6.45, 7) is 1.65. The quantitative estimate of drug-likeness (QED) is 0.339. The number of aldehydes is 1. The van der Waals surface area contributed by atoms with E-state index in [0.29, 0.717) is 36.3 Å². The molecular formula is C24H28F2N4O2S. The maximum atomic E-state index is 14.1. The van der Waals surface area contributed by atoms with Crippen LogP contribution in [0.2, 0.25) is 0 Å². The minimum Gasteiger partial charge on any atom is -0.387 e. The van der Waals surface area contributed by atoms with Crippen LogP contribution in [0.5, 0.6) is 0 Å². The molecule has 1 saturated heterocycles. The minimum absolute atomic E-state index is 0.0300. The molecule has 1 atom stereocenters. The highest BCUT2D eigenvalue weighted by molar-refractivity contribution is 8.00. The van der Waals surface area contributed by atoms with Crippen LogP contribution in [0.15, 0.2) is 35.2 Å². The summed E-state index contributed by atoms with van der Waals surface area (Å²) in [5, 5.41) is 9.52. The molecule has 1 unspecified atom stereocenters. The molecule has 4 N–H and O–H groups in total. The Kier molecular flexibility index (Phi) is 7.19. The predicted molar refractivity (Wildman–Crippen MR) is 127 cm³/mol. The number of anilines is 2. The van der Waals surface area contributed by atoms with E-state index in [-0.39, 0.29) is 16.8 Å². The Bertz CT molecular complexity index is 1040. The van der Waals surface area contributed by atoms with E-state index in [9.17, 15) is 18.4 Å². The van der Waals surface area contributed by atoms with E-state index in [2.05, 4.69) is 20.7 Å². The summed E-state index contributed by atoms with van der Waals surface area (Å²) in [5.74, 6) is -1.55. The summed E-state index contributed by atoms with van der Waals surface area (Å²) in [5.41, 5.74) is 1.73. The van der Waals surface area contributed by atoms with Gasteiger partial charge in [-0.3, -0.25) is 4.79 Å². The maximum absolute atomic E-state index is 14.1. The third kappa shape index (κ3) is 4.99. The third-order valence-electron chi connectivity index (χ3n) is 6.45. The number of carbonyl (C=O) groups excluding carboxylic acids is 2. The van der Waals surface area contributed by atoms with Gasteiger partial charge in [0.05, 0.1) is 21.6 Å². The van der Waals surface area contributed by atoms with E-state index >= 15 is 0 Å². The molecule has 176 valence electrons. The van der Waals surface area contributed by atoms with Crippen LogP contribution in [-0.2, 0) is 10.2 Å². The Morgan fingerprint density at radius 2 is 2.03 bits per heavy atom. The lowest BCUT2D eigenvalue weighted by atomic mass is 9.64. The number of amides is 1. The molecule has 1 amide bonds. The smallest absolute Gasteiger partial charge is 0.253 e. The molecule has 0 aromatic heterocycles. The molecule has 2 aliphatic rings. The number of rotatable bonds is 8. The van der Waals surface area contributed by atoms with Gasteiger partial charge in [0.15, 0.2) is 0 Å². The summed E-state index contributed by atoms with van der Waals surface area (Å²) in [6.07, 6.45) is 5.21. The van der Waals surface area contributed by atoms with Crippen LogP contribution in [0.4, 0.5) is 20.2 Å². The molecule has 1 aliphatic heterocycles. The molecule has 2 fully saturated rings. The first-order valence-electron chi connectivity index (χ1n) is 11.2. The fourth-order valence-electron chi connectivity index (χ4n) is 4.46. The number of nitrogens with one attached hydrogen (secondary N) is 4. The molecule has 1 heterocycles. The first kappa shape index (κ1) is 23.5. The van der Waals surface area contributed by atoms with Gasteiger partial charge in [-0.15, -0.1) is 0 Å². The van der Waals surface area contributed by atoms with Crippen LogP contribution >= 0.6 is 11.9 Å². The predicted octanol–water partition coefficient (Wildman–Crippen LogP) is 4.23. The van der Waals surface area contributed by atoms with Gasteiger partial charge < -0.3 is 25.5 Å². The lowest BCUT2D eigenvalue weighted by Crippen LogP contribution is -2.46. The molecule has 0 bridgehead atoms. The fraction of sp³-hybridized carbons (Fsp3) is 0.417. The van der Waals surface area contributed by atoms with Crippen molar-refractivity contribution in [2.75, 3.05) is 30.2 Å². The average Bonchev–Trinajstić information content (AvgIpc) is 2.78. The van der Waals surface area contributed by atoms with Gasteiger partial charge in [-0.1, -0.05) is 6.42 Å². The second-order valence-corrected chi connectivity index (χ2v) is 9.47. The van der Waals surface area contributed by atoms with Crippen molar-refractivity contribution in [2.24, 2.45) is 0 Å². The topological polar surface area (TPSA) is 82.3 Å². The molecule has 4 rings (SSSR count). The Morgan fingerprint density at radius 1 is 1.21 bits per heavy atom. The normalized spacial score (nSPS) is 19.3. The van der Waals surface area contributed by atoms with Crippen molar-refractivity contribution in [1.82, 2.24) is 10.6 Å². The zero-order chi connectivity index (χ0) is 23.4. The zero-order valence-corrected chi connectivity index (χ0v) is 19.3. The molecule has 0 radical (unpaired) electrons. The van der Waals surface area contributed by atoms with Gasteiger partial charge in [0.2, 0.25) is 0 Å². The van der Waals surface area contributed by atoms with Crippen molar-refractivity contribution < 1.29 is 18.4 Å². The van der Waals surface area contributed by atoms with E-state index in [0.717, 1.165) is 55.7 Å². The maximum Gasteiger partial charge on any atom is 0.253 e. The van der Waals surface area contributed by atoms with Gasteiger partial charge >= 0.3 is 0 Å². The van der Waals surface area contributed by atoms with Gasteiger partial charge in [0, 0.05) is 31.4 Å². The van der Waals surface area contributed by atoms with Gasteiger partial charge in [-0.25, -0.2) is 8.78 Å². The van der Waals surface area contributed by atoms with Gasteiger partial charge in [-0.05, 0) is 74.0 Å². The van der Waals surface area contributed by atoms with Gasteiger partial charge in [0.25, 0.3) is 5.91 Å². The highest BCUT2D eigenvalue weighted by atomic mass is 32.2. The van der Waals surface area contributed by atoms with E-state index in [4.69, 9.17) is 0 Å². The third-order valence-corrected chi connectivity index (χ3v) is 7.33. The molecule has 2 aromatic rings. The second kappa shape index (κ2) is 10.1.